The Balaban J connectivity index is 3.27. The Kier molecular flexibility index (Phi) is 6.06. The van der Waals surface area contributed by atoms with Gasteiger partial charge in [-0.3, -0.25) is 0 Å². The number of anilines is 2. The van der Waals surface area contributed by atoms with Crippen LogP contribution in [0.15, 0.2) is 0 Å². The molecule has 0 saturated carbocycles. The van der Waals surface area contributed by atoms with E-state index in [9.17, 15) is 8.78 Å². The van der Waals surface area contributed by atoms with Gasteiger partial charge in [0.05, 0.1) is 13.2 Å². The second kappa shape index (κ2) is 7.33. The van der Waals surface area contributed by atoms with Crippen LogP contribution in [-0.4, -0.2) is 48.2 Å². The molecule has 7 heteroatoms. The lowest BCUT2D eigenvalue weighted by Crippen LogP contribution is -2.33. The smallest absolute Gasteiger partial charge is 0.255 e. The van der Waals surface area contributed by atoms with Crippen LogP contribution >= 0.6 is 0 Å². The van der Waals surface area contributed by atoms with Crippen molar-refractivity contribution in [2.45, 2.75) is 33.1 Å². The van der Waals surface area contributed by atoms with E-state index in [0.29, 0.717) is 23.0 Å². The van der Waals surface area contributed by atoms with Gasteiger partial charge in [-0.2, -0.15) is 0 Å². The summed E-state index contributed by atoms with van der Waals surface area (Å²) in [5, 5.41) is 12.0. The SMILES string of the molecule is CNc1nc(C(C)C)nc(N(CCO)CC(F)F)c1C. The number of aliphatic hydroxyl groups excluding tert-OH is 1. The summed E-state index contributed by atoms with van der Waals surface area (Å²) in [5.41, 5.74) is 0.700. The molecular weight excluding hydrogens is 266 g/mol. The topological polar surface area (TPSA) is 61.3 Å². The van der Waals surface area contributed by atoms with Crippen molar-refractivity contribution < 1.29 is 13.9 Å². The number of hydrogen-bond acceptors (Lipinski definition) is 5. The molecule has 0 atom stereocenters. The Hall–Kier alpha value is -1.50. The lowest BCUT2D eigenvalue weighted by Gasteiger charge is -2.25. The minimum atomic E-state index is -2.49. The summed E-state index contributed by atoms with van der Waals surface area (Å²) in [6.45, 7) is 5.11. The molecule has 0 radical (unpaired) electrons. The first kappa shape index (κ1) is 16.6. The highest BCUT2D eigenvalue weighted by Crippen LogP contribution is 2.26. The molecule has 0 aliphatic rings. The first-order valence-corrected chi connectivity index (χ1v) is 6.60. The number of halogens is 2. The number of alkyl halides is 2. The molecule has 5 nitrogen and oxygen atoms in total. The van der Waals surface area contributed by atoms with Gasteiger partial charge in [0.15, 0.2) is 0 Å². The highest BCUT2D eigenvalue weighted by molar-refractivity contribution is 5.58. The van der Waals surface area contributed by atoms with Gasteiger partial charge in [0.1, 0.15) is 17.5 Å². The predicted molar refractivity (Wildman–Crippen MR) is 75.7 cm³/mol. The van der Waals surface area contributed by atoms with E-state index in [0.717, 1.165) is 0 Å². The fourth-order valence-electron chi connectivity index (χ4n) is 1.90. The molecule has 0 aliphatic carbocycles. The molecule has 1 aromatic rings. The molecule has 1 aromatic heterocycles. The Labute approximate surface area is 118 Å². The maximum atomic E-state index is 12.7. The summed E-state index contributed by atoms with van der Waals surface area (Å²) < 4.78 is 25.4. The maximum absolute atomic E-state index is 12.7. The van der Waals surface area contributed by atoms with Crippen LogP contribution in [0.4, 0.5) is 20.4 Å². The third kappa shape index (κ3) is 4.00. The number of aliphatic hydroxyl groups is 1. The van der Waals surface area contributed by atoms with Crippen LogP contribution in [0.25, 0.3) is 0 Å². The fraction of sp³-hybridized carbons (Fsp3) is 0.692. The van der Waals surface area contributed by atoms with Crippen molar-refractivity contribution in [3.8, 4) is 0 Å². The summed E-state index contributed by atoms with van der Waals surface area (Å²) in [6, 6.07) is 0. The van der Waals surface area contributed by atoms with Gasteiger partial charge in [0.2, 0.25) is 0 Å². The first-order valence-electron chi connectivity index (χ1n) is 6.60. The van der Waals surface area contributed by atoms with E-state index < -0.39 is 13.0 Å². The maximum Gasteiger partial charge on any atom is 0.255 e. The Morgan fingerprint density at radius 3 is 2.40 bits per heavy atom. The number of hydrogen-bond donors (Lipinski definition) is 2. The van der Waals surface area contributed by atoms with E-state index in [2.05, 4.69) is 15.3 Å². The Morgan fingerprint density at radius 2 is 1.95 bits per heavy atom. The van der Waals surface area contributed by atoms with Crippen molar-refractivity contribution in [1.82, 2.24) is 9.97 Å². The molecule has 0 aromatic carbocycles. The molecule has 1 heterocycles. The minimum Gasteiger partial charge on any atom is -0.395 e. The van der Waals surface area contributed by atoms with Crippen LogP contribution in [0.2, 0.25) is 0 Å². The molecular formula is C13H22F2N4O. The lowest BCUT2D eigenvalue weighted by atomic mass is 10.2. The van der Waals surface area contributed by atoms with Crippen molar-refractivity contribution in [2.24, 2.45) is 0 Å². The fourth-order valence-corrected chi connectivity index (χ4v) is 1.90. The number of aromatic nitrogens is 2. The summed E-state index contributed by atoms with van der Waals surface area (Å²) in [4.78, 5) is 10.2. The highest BCUT2D eigenvalue weighted by Gasteiger charge is 2.20. The molecule has 2 N–H and O–H groups in total. The summed E-state index contributed by atoms with van der Waals surface area (Å²) in [7, 11) is 1.73. The zero-order chi connectivity index (χ0) is 15.3. The summed E-state index contributed by atoms with van der Waals surface area (Å²) in [5.74, 6) is 1.74. The van der Waals surface area contributed by atoms with Crippen molar-refractivity contribution in [2.75, 3.05) is 37.0 Å². The van der Waals surface area contributed by atoms with Gasteiger partial charge < -0.3 is 15.3 Å². The van der Waals surface area contributed by atoms with E-state index in [1.807, 2.05) is 13.8 Å². The standard InChI is InChI=1S/C13H22F2N4O/c1-8(2)11-17-12(16-4)9(3)13(18-11)19(5-6-20)7-10(14)15/h8,10,20H,5-7H2,1-4H3,(H,16,17,18). The third-order valence-electron chi connectivity index (χ3n) is 2.92. The predicted octanol–water partition coefficient (Wildman–Crippen LogP) is 2.01. The first-order chi connectivity index (χ1) is 9.40. The van der Waals surface area contributed by atoms with Gasteiger partial charge in [0.25, 0.3) is 6.43 Å². The highest BCUT2D eigenvalue weighted by atomic mass is 19.3. The number of nitrogens with zero attached hydrogens (tertiary/aromatic N) is 3. The van der Waals surface area contributed by atoms with Gasteiger partial charge in [-0.15, -0.1) is 0 Å². The summed E-state index contributed by atoms with van der Waals surface area (Å²) >= 11 is 0. The Morgan fingerprint density at radius 1 is 1.30 bits per heavy atom. The average Bonchev–Trinajstić information content (AvgIpc) is 2.37. The van der Waals surface area contributed by atoms with Gasteiger partial charge in [-0.05, 0) is 6.92 Å². The number of nitrogens with one attached hydrogen (secondary N) is 1. The normalized spacial score (nSPS) is 11.2. The molecule has 114 valence electrons. The van der Waals surface area contributed by atoms with Crippen molar-refractivity contribution >= 4 is 11.6 Å². The van der Waals surface area contributed by atoms with E-state index in [1.165, 1.54) is 4.90 Å². The number of rotatable bonds is 7. The third-order valence-corrected chi connectivity index (χ3v) is 2.92. The molecule has 0 aliphatic heterocycles. The minimum absolute atomic E-state index is 0.0870. The lowest BCUT2D eigenvalue weighted by molar-refractivity contribution is 0.152. The van der Waals surface area contributed by atoms with Crippen molar-refractivity contribution in [1.29, 1.82) is 0 Å². The molecule has 0 amide bonds. The molecule has 1 rings (SSSR count). The monoisotopic (exact) mass is 288 g/mol. The van der Waals surface area contributed by atoms with E-state index >= 15 is 0 Å². The molecule has 0 unspecified atom stereocenters. The van der Waals surface area contributed by atoms with Gasteiger partial charge >= 0.3 is 0 Å². The van der Waals surface area contributed by atoms with E-state index in [4.69, 9.17) is 5.11 Å². The molecule has 0 fully saturated rings. The zero-order valence-corrected chi connectivity index (χ0v) is 12.3. The summed E-state index contributed by atoms with van der Waals surface area (Å²) in [6.07, 6.45) is -2.49. The Bertz CT molecular complexity index is 441. The molecule has 0 saturated heterocycles. The van der Waals surface area contributed by atoms with Crippen LogP contribution < -0.4 is 10.2 Å². The van der Waals surface area contributed by atoms with Gasteiger partial charge in [-0.1, -0.05) is 13.8 Å². The van der Waals surface area contributed by atoms with E-state index in [-0.39, 0.29) is 19.1 Å². The van der Waals surface area contributed by atoms with Crippen LogP contribution in [0.5, 0.6) is 0 Å². The second-order valence-corrected chi connectivity index (χ2v) is 4.84. The van der Waals surface area contributed by atoms with Crippen LogP contribution in [0.3, 0.4) is 0 Å². The average molecular weight is 288 g/mol. The largest absolute Gasteiger partial charge is 0.395 e. The molecule has 0 bridgehead atoms. The van der Waals surface area contributed by atoms with Crippen molar-refractivity contribution in [3.63, 3.8) is 0 Å². The second-order valence-electron chi connectivity index (χ2n) is 4.84. The zero-order valence-electron chi connectivity index (χ0n) is 12.3. The van der Waals surface area contributed by atoms with Crippen LogP contribution in [-0.2, 0) is 0 Å². The van der Waals surface area contributed by atoms with Gasteiger partial charge in [0, 0.05) is 25.1 Å². The molecule has 20 heavy (non-hydrogen) atoms. The van der Waals surface area contributed by atoms with Crippen molar-refractivity contribution in [3.05, 3.63) is 11.4 Å². The molecule has 0 spiro atoms. The van der Waals surface area contributed by atoms with E-state index in [1.54, 1.807) is 14.0 Å². The van der Waals surface area contributed by atoms with Gasteiger partial charge in [-0.25, -0.2) is 18.7 Å². The van der Waals surface area contributed by atoms with Crippen LogP contribution in [0.1, 0.15) is 31.2 Å². The van der Waals surface area contributed by atoms with Crippen LogP contribution in [0, 0.1) is 6.92 Å². The quantitative estimate of drug-likeness (QED) is 0.803.